The van der Waals surface area contributed by atoms with Crippen LogP contribution in [0.2, 0.25) is 4.47 Å². The van der Waals surface area contributed by atoms with Gasteiger partial charge in [0.15, 0.2) is 4.47 Å². The van der Waals surface area contributed by atoms with Gasteiger partial charge in [-0.2, -0.15) is 0 Å². The number of halogens is 1. The minimum Gasteiger partial charge on any atom is -0.291 e. The van der Waals surface area contributed by atoms with Gasteiger partial charge in [0, 0.05) is 12.4 Å². The highest BCUT2D eigenvalue weighted by atomic mass is 35.5. The molecule has 0 aliphatic carbocycles. The van der Waals surface area contributed by atoms with E-state index in [1.165, 1.54) is 11.3 Å². The van der Waals surface area contributed by atoms with E-state index in [4.69, 9.17) is 11.6 Å². The van der Waals surface area contributed by atoms with Crippen molar-refractivity contribution in [3.8, 4) is 0 Å². The van der Waals surface area contributed by atoms with Crippen molar-refractivity contribution >= 4 is 28.6 Å². The molecule has 4 heteroatoms. The zero-order chi connectivity index (χ0) is 7.56. The van der Waals surface area contributed by atoms with Gasteiger partial charge >= 0.3 is 0 Å². The van der Waals surface area contributed by atoms with Crippen molar-refractivity contribution in [3.05, 3.63) is 15.5 Å². The predicted octanol–water partition coefficient (Wildman–Crippen LogP) is 2.24. The second kappa shape index (κ2) is 3.12. The van der Waals surface area contributed by atoms with Gasteiger partial charge in [-0.1, -0.05) is 11.6 Å². The quantitative estimate of drug-likeness (QED) is 0.600. The van der Waals surface area contributed by atoms with Crippen LogP contribution >= 0.6 is 22.9 Å². The fraction of sp³-hybridized carbons (Fsp3) is 0.333. The van der Waals surface area contributed by atoms with E-state index in [1.807, 2.05) is 12.3 Å². The largest absolute Gasteiger partial charge is 0.291 e. The van der Waals surface area contributed by atoms with Crippen LogP contribution < -0.4 is 0 Å². The minimum absolute atomic E-state index is 0.568. The number of nitrogens with zero attached hydrogens (tertiary/aromatic N) is 2. The predicted molar refractivity (Wildman–Crippen MR) is 45.3 cm³/mol. The first kappa shape index (κ1) is 7.69. The molecule has 0 atom stereocenters. The maximum atomic E-state index is 5.61. The Balaban J connectivity index is 2.95. The first-order chi connectivity index (χ1) is 4.74. The van der Waals surface area contributed by atoms with Crippen LogP contribution in [0.4, 0.5) is 0 Å². The van der Waals surface area contributed by atoms with Gasteiger partial charge < -0.3 is 0 Å². The Morgan fingerprint density at radius 1 is 1.80 bits per heavy atom. The molecule has 0 amide bonds. The van der Waals surface area contributed by atoms with Crippen LogP contribution in [0, 0.1) is 0 Å². The topological polar surface area (TPSA) is 25.2 Å². The molecule has 1 aromatic heterocycles. The molecular formula is C6H7ClN2S. The molecule has 0 aliphatic heterocycles. The molecule has 1 rings (SSSR count). The lowest BCUT2D eigenvalue weighted by atomic mass is 10.3. The Morgan fingerprint density at radius 2 is 2.50 bits per heavy atom. The molecule has 0 aliphatic rings. The van der Waals surface area contributed by atoms with Crippen LogP contribution in [0.5, 0.6) is 0 Å². The van der Waals surface area contributed by atoms with E-state index in [0.717, 1.165) is 11.4 Å². The summed E-state index contributed by atoms with van der Waals surface area (Å²) in [6.07, 6.45) is 0. The summed E-state index contributed by atoms with van der Waals surface area (Å²) in [6, 6.07) is 0. The monoisotopic (exact) mass is 174 g/mol. The van der Waals surface area contributed by atoms with Crippen LogP contribution in [0.3, 0.4) is 0 Å². The van der Waals surface area contributed by atoms with Crippen LogP contribution in [0.15, 0.2) is 10.4 Å². The summed E-state index contributed by atoms with van der Waals surface area (Å²) in [7, 11) is 1.74. The van der Waals surface area contributed by atoms with Crippen molar-refractivity contribution in [3.63, 3.8) is 0 Å². The smallest absolute Gasteiger partial charge is 0.184 e. The molecule has 0 saturated heterocycles. The van der Waals surface area contributed by atoms with E-state index in [0.29, 0.717) is 4.47 Å². The Kier molecular flexibility index (Phi) is 2.40. The number of rotatable bonds is 1. The normalized spacial score (nSPS) is 12.1. The van der Waals surface area contributed by atoms with E-state index in [1.54, 1.807) is 7.05 Å². The first-order valence-corrected chi connectivity index (χ1v) is 4.04. The van der Waals surface area contributed by atoms with E-state index in [2.05, 4.69) is 9.98 Å². The van der Waals surface area contributed by atoms with Crippen LogP contribution in [0.25, 0.3) is 0 Å². The molecule has 0 bridgehead atoms. The van der Waals surface area contributed by atoms with Gasteiger partial charge in [0.05, 0.1) is 11.4 Å². The number of thiazole rings is 1. The highest BCUT2D eigenvalue weighted by molar-refractivity contribution is 7.14. The zero-order valence-electron chi connectivity index (χ0n) is 5.76. The summed E-state index contributed by atoms with van der Waals surface area (Å²) in [4.78, 5) is 8.01. The summed E-state index contributed by atoms with van der Waals surface area (Å²) in [5, 5.41) is 1.89. The van der Waals surface area contributed by atoms with Crippen LogP contribution in [-0.2, 0) is 0 Å². The molecule has 0 saturated carbocycles. The van der Waals surface area contributed by atoms with E-state index in [9.17, 15) is 0 Å². The molecule has 1 heterocycles. The molecule has 0 unspecified atom stereocenters. The summed E-state index contributed by atoms with van der Waals surface area (Å²) in [6.45, 7) is 1.91. The molecule has 2 nitrogen and oxygen atoms in total. The Morgan fingerprint density at radius 3 is 2.90 bits per heavy atom. The van der Waals surface area contributed by atoms with E-state index >= 15 is 0 Å². The maximum absolute atomic E-state index is 5.61. The molecule has 0 spiro atoms. The highest BCUT2D eigenvalue weighted by Crippen LogP contribution is 2.15. The van der Waals surface area contributed by atoms with Crippen molar-refractivity contribution in [1.29, 1.82) is 0 Å². The number of hydrogen-bond donors (Lipinski definition) is 0. The second-order valence-corrected chi connectivity index (χ2v) is 3.23. The van der Waals surface area contributed by atoms with Crippen LogP contribution in [-0.4, -0.2) is 17.7 Å². The van der Waals surface area contributed by atoms with Gasteiger partial charge in [-0.3, -0.25) is 4.99 Å². The standard InChI is InChI=1S/C6H7ClN2S/c1-4(8-2)5-3-10-6(7)9-5/h3H,1-2H3. The lowest BCUT2D eigenvalue weighted by Crippen LogP contribution is -1.92. The summed E-state index contributed by atoms with van der Waals surface area (Å²) >= 11 is 7.04. The van der Waals surface area contributed by atoms with Gasteiger partial charge in [-0.15, -0.1) is 11.3 Å². The SMILES string of the molecule is CN=C(C)c1csc(Cl)n1. The molecule has 54 valence electrons. The number of aromatic nitrogens is 1. The third-order valence-electron chi connectivity index (χ3n) is 1.18. The summed E-state index contributed by atoms with van der Waals surface area (Å²) in [5.41, 5.74) is 1.79. The van der Waals surface area contributed by atoms with Crippen molar-refractivity contribution in [2.45, 2.75) is 6.92 Å². The Hall–Kier alpha value is -0.410. The van der Waals surface area contributed by atoms with Crippen LogP contribution in [0.1, 0.15) is 12.6 Å². The summed E-state index contributed by atoms with van der Waals surface area (Å²) < 4.78 is 0.568. The first-order valence-electron chi connectivity index (χ1n) is 2.79. The van der Waals surface area contributed by atoms with Gasteiger partial charge in [-0.25, -0.2) is 4.98 Å². The summed E-state index contributed by atoms with van der Waals surface area (Å²) in [5.74, 6) is 0. The lowest BCUT2D eigenvalue weighted by Gasteiger charge is -1.88. The Labute approximate surface area is 68.6 Å². The average Bonchev–Trinajstić information content (AvgIpc) is 2.34. The zero-order valence-corrected chi connectivity index (χ0v) is 7.33. The van der Waals surface area contributed by atoms with Crippen molar-refractivity contribution < 1.29 is 0 Å². The van der Waals surface area contributed by atoms with Gasteiger partial charge in [0.2, 0.25) is 0 Å². The van der Waals surface area contributed by atoms with E-state index < -0.39 is 0 Å². The number of aliphatic imine (C=N–C) groups is 1. The fourth-order valence-electron chi connectivity index (χ4n) is 0.533. The number of hydrogen-bond acceptors (Lipinski definition) is 3. The molecule has 10 heavy (non-hydrogen) atoms. The third kappa shape index (κ3) is 1.55. The molecule has 0 radical (unpaired) electrons. The van der Waals surface area contributed by atoms with E-state index in [-0.39, 0.29) is 0 Å². The molecule has 0 N–H and O–H groups in total. The third-order valence-corrected chi connectivity index (χ3v) is 2.16. The lowest BCUT2D eigenvalue weighted by molar-refractivity contribution is 1.33. The van der Waals surface area contributed by atoms with Gasteiger partial charge in [-0.05, 0) is 6.92 Å². The molecular weight excluding hydrogens is 168 g/mol. The van der Waals surface area contributed by atoms with Gasteiger partial charge in [0.1, 0.15) is 0 Å². The molecule has 0 fully saturated rings. The second-order valence-electron chi connectivity index (χ2n) is 1.79. The van der Waals surface area contributed by atoms with Crippen molar-refractivity contribution in [1.82, 2.24) is 4.98 Å². The molecule has 0 aromatic carbocycles. The maximum Gasteiger partial charge on any atom is 0.184 e. The van der Waals surface area contributed by atoms with Crippen molar-refractivity contribution in [2.75, 3.05) is 7.05 Å². The Bertz CT molecular complexity index is 254. The molecule has 1 aromatic rings. The average molecular weight is 175 g/mol. The van der Waals surface area contributed by atoms with Gasteiger partial charge in [0.25, 0.3) is 0 Å². The van der Waals surface area contributed by atoms with Crippen molar-refractivity contribution in [2.24, 2.45) is 4.99 Å². The fourth-order valence-corrected chi connectivity index (χ4v) is 1.34. The highest BCUT2D eigenvalue weighted by Gasteiger charge is 2.00. The minimum atomic E-state index is 0.568.